The van der Waals surface area contributed by atoms with Crippen molar-refractivity contribution in [3.8, 4) is 0 Å². The number of esters is 1. The Kier molecular flexibility index (Phi) is 5.38. The summed E-state index contributed by atoms with van der Waals surface area (Å²) in [5.74, 6) is -0.744. The monoisotopic (exact) mass is 432 g/mol. The molecule has 0 saturated heterocycles. The number of fused-ring (bicyclic) bond motifs is 1. The van der Waals surface area contributed by atoms with Gasteiger partial charge in [-0.2, -0.15) is 4.99 Å². The third-order valence-electron chi connectivity index (χ3n) is 3.90. The van der Waals surface area contributed by atoms with Crippen LogP contribution >= 0.6 is 27.3 Å². The SMILES string of the molecule is COC(=O)Cn1c(=NC(=O)c2cccc(Br)c2)sc2c(C)cc(C)cc21. The molecule has 0 N–H and O–H groups in total. The van der Waals surface area contributed by atoms with E-state index in [2.05, 4.69) is 27.0 Å². The van der Waals surface area contributed by atoms with Crippen LogP contribution in [0.5, 0.6) is 0 Å². The Labute approximate surface area is 163 Å². The first-order chi connectivity index (χ1) is 12.4. The molecular weight excluding hydrogens is 416 g/mol. The van der Waals surface area contributed by atoms with E-state index in [-0.39, 0.29) is 18.4 Å². The minimum atomic E-state index is -0.389. The van der Waals surface area contributed by atoms with Crippen LogP contribution in [0, 0.1) is 13.8 Å². The van der Waals surface area contributed by atoms with Gasteiger partial charge in [-0.15, -0.1) is 0 Å². The topological polar surface area (TPSA) is 60.7 Å². The Balaban J connectivity index is 2.20. The Morgan fingerprint density at radius 1 is 1.23 bits per heavy atom. The molecule has 0 unspecified atom stereocenters. The van der Waals surface area contributed by atoms with Gasteiger partial charge in [-0.1, -0.05) is 39.4 Å². The number of nitrogens with zero attached hydrogens (tertiary/aromatic N) is 2. The predicted octanol–water partition coefficient (Wildman–Crippen LogP) is 4.00. The number of methoxy groups -OCH3 is 1. The van der Waals surface area contributed by atoms with Crippen molar-refractivity contribution in [2.24, 2.45) is 4.99 Å². The van der Waals surface area contributed by atoms with E-state index in [9.17, 15) is 9.59 Å². The van der Waals surface area contributed by atoms with Gasteiger partial charge < -0.3 is 9.30 Å². The molecule has 1 heterocycles. The number of rotatable bonds is 3. The molecule has 1 amide bonds. The molecule has 5 nitrogen and oxygen atoms in total. The zero-order valence-corrected chi connectivity index (χ0v) is 17.0. The largest absolute Gasteiger partial charge is 0.468 e. The zero-order chi connectivity index (χ0) is 18.8. The summed E-state index contributed by atoms with van der Waals surface area (Å²) in [6.45, 7) is 4.01. The summed E-state index contributed by atoms with van der Waals surface area (Å²) in [5.41, 5.74) is 3.52. The number of amides is 1. The van der Waals surface area contributed by atoms with Crippen LogP contribution in [0.3, 0.4) is 0 Å². The van der Waals surface area contributed by atoms with Crippen LogP contribution < -0.4 is 4.80 Å². The summed E-state index contributed by atoms with van der Waals surface area (Å²) in [4.78, 5) is 29.2. The summed E-state index contributed by atoms with van der Waals surface area (Å²) in [5, 5.41) is 0. The fourth-order valence-corrected chi connectivity index (χ4v) is 4.19. The summed E-state index contributed by atoms with van der Waals surface area (Å²) >= 11 is 4.76. The Morgan fingerprint density at radius 3 is 2.69 bits per heavy atom. The molecule has 0 bridgehead atoms. The molecular formula is C19H17BrN2O3S. The van der Waals surface area contributed by atoms with Crippen LogP contribution in [0.2, 0.25) is 0 Å². The van der Waals surface area contributed by atoms with Gasteiger partial charge in [0.2, 0.25) is 0 Å². The Bertz CT molecular complexity index is 1080. The molecule has 26 heavy (non-hydrogen) atoms. The van der Waals surface area contributed by atoms with Gasteiger partial charge in [0.15, 0.2) is 4.80 Å². The molecule has 0 saturated carbocycles. The quantitative estimate of drug-likeness (QED) is 0.587. The van der Waals surface area contributed by atoms with Crippen LogP contribution in [-0.2, 0) is 16.1 Å². The molecule has 2 aromatic carbocycles. The normalized spacial score (nSPS) is 11.8. The highest BCUT2D eigenvalue weighted by molar-refractivity contribution is 9.10. The number of hydrogen-bond acceptors (Lipinski definition) is 4. The van der Waals surface area contributed by atoms with E-state index in [1.54, 1.807) is 22.8 Å². The Morgan fingerprint density at radius 2 is 2.00 bits per heavy atom. The molecule has 3 aromatic rings. The smallest absolute Gasteiger partial charge is 0.325 e. The van der Waals surface area contributed by atoms with Crippen LogP contribution in [0.4, 0.5) is 0 Å². The van der Waals surface area contributed by atoms with Crippen LogP contribution in [0.25, 0.3) is 10.2 Å². The number of aryl methyl sites for hydroxylation is 2. The fourth-order valence-electron chi connectivity index (χ4n) is 2.72. The lowest BCUT2D eigenvalue weighted by molar-refractivity contribution is -0.141. The lowest BCUT2D eigenvalue weighted by atomic mass is 10.1. The van der Waals surface area contributed by atoms with Gasteiger partial charge in [-0.3, -0.25) is 9.59 Å². The van der Waals surface area contributed by atoms with E-state index in [0.29, 0.717) is 10.4 Å². The molecule has 0 aliphatic rings. The standard InChI is InChI=1S/C19H17BrN2O3S/c1-11-7-12(2)17-15(8-11)22(10-16(23)25-3)19(26-17)21-18(24)13-5-4-6-14(20)9-13/h4-9H,10H2,1-3H3. The second-order valence-corrected chi connectivity index (χ2v) is 7.80. The first-order valence-electron chi connectivity index (χ1n) is 7.91. The number of halogens is 1. The average molecular weight is 433 g/mol. The zero-order valence-electron chi connectivity index (χ0n) is 14.6. The van der Waals surface area contributed by atoms with E-state index in [0.717, 1.165) is 25.8 Å². The van der Waals surface area contributed by atoms with Gasteiger partial charge in [-0.25, -0.2) is 0 Å². The van der Waals surface area contributed by atoms with Gasteiger partial charge in [0, 0.05) is 10.0 Å². The van der Waals surface area contributed by atoms with Crippen LogP contribution in [0.15, 0.2) is 45.9 Å². The molecule has 0 aliphatic carbocycles. The molecule has 3 rings (SSSR count). The minimum Gasteiger partial charge on any atom is -0.468 e. The third kappa shape index (κ3) is 3.78. The number of hydrogen-bond donors (Lipinski definition) is 0. The van der Waals surface area contributed by atoms with Crippen molar-refractivity contribution in [1.82, 2.24) is 4.57 Å². The van der Waals surface area contributed by atoms with Crippen LogP contribution in [-0.4, -0.2) is 23.6 Å². The van der Waals surface area contributed by atoms with Crippen molar-refractivity contribution < 1.29 is 14.3 Å². The molecule has 0 spiro atoms. The van der Waals surface area contributed by atoms with Gasteiger partial charge in [0.05, 0.1) is 17.3 Å². The van der Waals surface area contributed by atoms with Crippen molar-refractivity contribution in [1.29, 1.82) is 0 Å². The second-order valence-electron chi connectivity index (χ2n) is 5.90. The highest BCUT2D eigenvalue weighted by Gasteiger charge is 2.14. The lowest BCUT2D eigenvalue weighted by Crippen LogP contribution is -2.22. The van der Waals surface area contributed by atoms with Crippen molar-refractivity contribution >= 4 is 49.4 Å². The summed E-state index contributed by atoms with van der Waals surface area (Å²) in [6, 6.07) is 11.1. The molecule has 0 atom stereocenters. The van der Waals surface area contributed by atoms with Crippen molar-refractivity contribution in [3.05, 3.63) is 62.4 Å². The summed E-state index contributed by atoms with van der Waals surface area (Å²) in [7, 11) is 1.34. The maximum absolute atomic E-state index is 12.6. The highest BCUT2D eigenvalue weighted by Crippen LogP contribution is 2.23. The van der Waals surface area contributed by atoms with E-state index >= 15 is 0 Å². The predicted molar refractivity (Wildman–Crippen MR) is 105 cm³/mol. The number of carbonyl (C=O) groups excluding carboxylic acids is 2. The first kappa shape index (κ1) is 18.5. The number of aromatic nitrogens is 1. The molecule has 0 radical (unpaired) electrons. The van der Waals surface area contributed by atoms with E-state index in [1.807, 2.05) is 26.0 Å². The Hall–Kier alpha value is -2.25. The number of thiazole rings is 1. The van der Waals surface area contributed by atoms with E-state index < -0.39 is 0 Å². The lowest BCUT2D eigenvalue weighted by Gasteiger charge is -2.05. The maximum Gasteiger partial charge on any atom is 0.325 e. The molecule has 0 aliphatic heterocycles. The highest BCUT2D eigenvalue weighted by atomic mass is 79.9. The van der Waals surface area contributed by atoms with Crippen molar-refractivity contribution in [3.63, 3.8) is 0 Å². The third-order valence-corrected chi connectivity index (χ3v) is 5.62. The van der Waals surface area contributed by atoms with Gasteiger partial charge >= 0.3 is 5.97 Å². The van der Waals surface area contributed by atoms with Gasteiger partial charge in [0.25, 0.3) is 5.91 Å². The van der Waals surface area contributed by atoms with E-state index in [4.69, 9.17) is 4.74 Å². The van der Waals surface area contributed by atoms with Gasteiger partial charge in [0.1, 0.15) is 6.54 Å². The summed E-state index contributed by atoms with van der Waals surface area (Å²) in [6.07, 6.45) is 0. The van der Waals surface area contributed by atoms with Crippen molar-refractivity contribution in [2.75, 3.05) is 7.11 Å². The maximum atomic E-state index is 12.6. The number of benzene rings is 2. The average Bonchev–Trinajstić information content (AvgIpc) is 2.92. The second kappa shape index (κ2) is 7.55. The van der Waals surface area contributed by atoms with Crippen molar-refractivity contribution in [2.45, 2.75) is 20.4 Å². The number of carbonyl (C=O) groups is 2. The molecule has 7 heteroatoms. The molecule has 1 aromatic heterocycles. The van der Waals surface area contributed by atoms with Crippen LogP contribution in [0.1, 0.15) is 21.5 Å². The summed E-state index contributed by atoms with van der Waals surface area (Å²) < 4.78 is 8.35. The molecule has 0 fully saturated rings. The first-order valence-corrected chi connectivity index (χ1v) is 9.52. The number of ether oxygens (including phenoxy) is 1. The fraction of sp³-hybridized carbons (Fsp3) is 0.211. The molecule has 134 valence electrons. The van der Waals surface area contributed by atoms with Gasteiger partial charge in [-0.05, 0) is 49.2 Å². The van der Waals surface area contributed by atoms with E-state index in [1.165, 1.54) is 18.4 Å². The minimum absolute atomic E-state index is 0.00396.